The molecule has 1 heterocycles. The van der Waals surface area contributed by atoms with Gasteiger partial charge in [-0.25, -0.2) is 9.97 Å². The molecule has 0 unspecified atom stereocenters. The maximum absolute atomic E-state index is 12.8. The molecular formula is C11H10F3N3O. The zero-order valence-corrected chi connectivity index (χ0v) is 9.45. The van der Waals surface area contributed by atoms with Crippen LogP contribution in [-0.2, 0) is 17.5 Å². The predicted molar refractivity (Wildman–Crippen MR) is 59.7 cm³/mol. The zero-order valence-electron chi connectivity index (χ0n) is 9.45. The molecule has 0 atom stereocenters. The first-order valence-corrected chi connectivity index (χ1v) is 5.04. The van der Waals surface area contributed by atoms with Crippen molar-refractivity contribution in [1.29, 1.82) is 0 Å². The van der Waals surface area contributed by atoms with Crippen LogP contribution in [0.3, 0.4) is 0 Å². The van der Waals surface area contributed by atoms with E-state index >= 15 is 0 Å². The van der Waals surface area contributed by atoms with Crippen LogP contribution in [0.5, 0.6) is 0 Å². The molecule has 0 saturated carbocycles. The first kappa shape index (κ1) is 12.6. The summed E-state index contributed by atoms with van der Waals surface area (Å²) in [7, 11) is 1.40. The summed E-state index contributed by atoms with van der Waals surface area (Å²) in [6, 6.07) is 3.70. The Balaban J connectivity index is 2.74. The fraction of sp³-hybridized carbons (Fsp3) is 0.273. The van der Waals surface area contributed by atoms with Gasteiger partial charge in [0.1, 0.15) is 12.4 Å². The number of ether oxygens (including phenoxy) is 1. The highest BCUT2D eigenvalue weighted by molar-refractivity contribution is 5.90. The standard InChI is InChI=1S/C11H10F3N3O/c1-18-5-8-16-9-6(10(15)17-8)3-2-4-7(9)11(12,13)14/h2-4H,5H2,1H3,(H2,15,16,17). The summed E-state index contributed by atoms with van der Waals surface area (Å²) in [5.74, 6) is 0.136. The number of para-hydroxylation sites is 1. The number of fused-ring (bicyclic) bond motifs is 1. The summed E-state index contributed by atoms with van der Waals surface area (Å²) in [6.07, 6.45) is -4.48. The molecule has 2 aromatic rings. The Morgan fingerprint density at radius 3 is 2.61 bits per heavy atom. The number of rotatable bonds is 2. The van der Waals surface area contributed by atoms with E-state index in [2.05, 4.69) is 9.97 Å². The van der Waals surface area contributed by atoms with Crippen molar-refractivity contribution >= 4 is 16.7 Å². The number of nitrogen functional groups attached to an aromatic ring is 1. The van der Waals surface area contributed by atoms with E-state index in [1.165, 1.54) is 19.2 Å². The lowest BCUT2D eigenvalue weighted by Gasteiger charge is -2.11. The van der Waals surface area contributed by atoms with Crippen molar-refractivity contribution in [2.75, 3.05) is 12.8 Å². The van der Waals surface area contributed by atoms with E-state index in [1.54, 1.807) is 0 Å². The van der Waals surface area contributed by atoms with Crippen molar-refractivity contribution in [2.45, 2.75) is 12.8 Å². The SMILES string of the molecule is COCc1nc(N)c2cccc(C(F)(F)F)c2n1. The second-order valence-corrected chi connectivity index (χ2v) is 3.66. The third kappa shape index (κ3) is 2.21. The van der Waals surface area contributed by atoms with Crippen molar-refractivity contribution in [2.24, 2.45) is 0 Å². The Morgan fingerprint density at radius 2 is 2.00 bits per heavy atom. The van der Waals surface area contributed by atoms with Gasteiger partial charge >= 0.3 is 6.18 Å². The number of aromatic nitrogens is 2. The molecule has 4 nitrogen and oxygen atoms in total. The Kier molecular flexibility index (Phi) is 3.08. The van der Waals surface area contributed by atoms with Gasteiger partial charge in [-0.05, 0) is 12.1 Å². The zero-order chi connectivity index (χ0) is 13.3. The van der Waals surface area contributed by atoms with Crippen molar-refractivity contribution in [3.8, 4) is 0 Å². The third-order valence-corrected chi connectivity index (χ3v) is 2.38. The minimum absolute atomic E-state index is 0.00628. The highest BCUT2D eigenvalue weighted by atomic mass is 19.4. The Morgan fingerprint density at radius 1 is 1.28 bits per heavy atom. The van der Waals surface area contributed by atoms with Gasteiger partial charge in [-0.2, -0.15) is 13.2 Å². The lowest BCUT2D eigenvalue weighted by Crippen LogP contribution is -2.09. The monoisotopic (exact) mass is 257 g/mol. The van der Waals surface area contributed by atoms with Crippen LogP contribution >= 0.6 is 0 Å². The van der Waals surface area contributed by atoms with Gasteiger partial charge in [-0.3, -0.25) is 0 Å². The lowest BCUT2D eigenvalue weighted by atomic mass is 10.1. The molecule has 0 aliphatic carbocycles. The summed E-state index contributed by atoms with van der Waals surface area (Å²) in [4.78, 5) is 7.74. The van der Waals surface area contributed by atoms with Crippen LogP contribution in [-0.4, -0.2) is 17.1 Å². The van der Waals surface area contributed by atoms with Crippen molar-refractivity contribution in [3.63, 3.8) is 0 Å². The van der Waals surface area contributed by atoms with Crippen molar-refractivity contribution in [3.05, 3.63) is 29.6 Å². The van der Waals surface area contributed by atoms with E-state index in [1.807, 2.05) is 0 Å². The van der Waals surface area contributed by atoms with Gasteiger partial charge in [0.05, 0.1) is 11.1 Å². The second-order valence-electron chi connectivity index (χ2n) is 3.66. The van der Waals surface area contributed by atoms with Crippen LogP contribution in [0, 0.1) is 0 Å². The number of hydrogen-bond donors (Lipinski definition) is 1. The number of nitrogens with two attached hydrogens (primary N) is 1. The number of benzene rings is 1. The first-order valence-electron chi connectivity index (χ1n) is 5.04. The predicted octanol–water partition coefficient (Wildman–Crippen LogP) is 2.38. The molecule has 0 saturated heterocycles. The first-order chi connectivity index (χ1) is 8.43. The van der Waals surface area contributed by atoms with E-state index in [0.29, 0.717) is 0 Å². The quantitative estimate of drug-likeness (QED) is 0.897. The molecule has 2 rings (SSSR count). The molecule has 0 spiro atoms. The largest absolute Gasteiger partial charge is 0.418 e. The van der Waals surface area contributed by atoms with Gasteiger partial charge in [-0.15, -0.1) is 0 Å². The number of hydrogen-bond acceptors (Lipinski definition) is 4. The van der Waals surface area contributed by atoms with E-state index < -0.39 is 11.7 Å². The molecule has 1 aromatic carbocycles. The number of anilines is 1. The molecule has 0 aliphatic rings. The molecule has 18 heavy (non-hydrogen) atoms. The summed E-state index contributed by atoms with van der Waals surface area (Å²) in [6.45, 7) is 0.00628. The average molecular weight is 257 g/mol. The molecule has 0 amide bonds. The van der Waals surface area contributed by atoms with Crippen LogP contribution in [0.25, 0.3) is 10.9 Å². The van der Waals surface area contributed by atoms with Gasteiger partial charge in [0.25, 0.3) is 0 Å². The van der Waals surface area contributed by atoms with E-state index in [-0.39, 0.29) is 29.2 Å². The number of methoxy groups -OCH3 is 1. The fourth-order valence-electron chi connectivity index (χ4n) is 1.65. The highest BCUT2D eigenvalue weighted by Gasteiger charge is 2.33. The van der Waals surface area contributed by atoms with Crippen molar-refractivity contribution < 1.29 is 17.9 Å². The molecule has 2 N–H and O–H groups in total. The van der Waals surface area contributed by atoms with Gasteiger partial charge in [0.15, 0.2) is 5.82 Å². The molecule has 0 fully saturated rings. The molecule has 1 aromatic heterocycles. The fourth-order valence-corrected chi connectivity index (χ4v) is 1.65. The number of halogens is 3. The lowest BCUT2D eigenvalue weighted by molar-refractivity contribution is -0.136. The minimum atomic E-state index is -4.48. The maximum Gasteiger partial charge on any atom is 0.418 e. The van der Waals surface area contributed by atoms with E-state index in [0.717, 1.165) is 6.07 Å². The maximum atomic E-state index is 12.8. The van der Waals surface area contributed by atoms with Gasteiger partial charge in [0, 0.05) is 12.5 Å². The van der Waals surface area contributed by atoms with Crippen LogP contribution in [0.2, 0.25) is 0 Å². The smallest absolute Gasteiger partial charge is 0.383 e. The molecule has 0 radical (unpaired) electrons. The highest BCUT2D eigenvalue weighted by Crippen LogP contribution is 2.34. The number of nitrogens with zero attached hydrogens (tertiary/aromatic N) is 2. The van der Waals surface area contributed by atoms with Crippen LogP contribution < -0.4 is 5.73 Å². The molecular weight excluding hydrogens is 247 g/mol. The van der Waals surface area contributed by atoms with Crippen LogP contribution in [0.4, 0.5) is 19.0 Å². The third-order valence-electron chi connectivity index (χ3n) is 2.38. The van der Waals surface area contributed by atoms with Gasteiger partial charge < -0.3 is 10.5 Å². The summed E-state index contributed by atoms with van der Waals surface area (Å²) in [5, 5.41) is 0.185. The summed E-state index contributed by atoms with van der Waals surface area (Å²) >= 11 is 0. The normalized spacial score (nSPS) is 12.0. The van der Waals surface area contributed by atoms with E-state index in [9.17, 15) is 13.2 Å². The molecule has 96 valence electrons. The Labute approximate surface area is 101 Å². The van der Waals surface area contributed by atoms with E-state index in [4.69, 9.17) is 10.5 Å². The molecule has 7 heteroatoms. The Bertz CT molecular complexity index is 583. The van der Waals surface area contributed by atoms with Gasteiger partial charge in [-0.1, -0.05) is 6.07 Å². The topological polar surface area (TPSA) is 61.0 Å². The minimum Gasteiger partial charge on any atom is -0.383 e. The molecule has 0 aliphatic heterocycles. The number of alkyl halides is 3. The molecule has 0 bridgehead atoms. The second kappa shape index (κ2) is 4.41. The Hall–Kier alpha value is -1.89. The summed E-state index contributed by atoms with van der Waals surface area (Å²) < 4.78 is 43.3. The van der Waals surface area contributed by atoms with Crippen molar-refractivity contribution in [1.82, 2.24) is 9.97 Å². The van der Waals surface area contributed by atoms with Gasteiger partial charge in [0.2, 0.25) is 0 Å². The van der Waals surface area contributed by atoms with Crippen LogP contribution in [0.1, 0.15) is 11.4 Å². The van der Waals surface area contributed by atoms with Crippen LogP contribution in [0.15, 0.2) is 18.2 Å². The summed E-state index contributed by atoms with van der Waals surface area (Å²) in [5.41, 5.74) is 4.59. The average Bonchev–Trinajstić information content (AvgIpc) is 2.27.